The van der Waals surface area contributed by atoms with Gasteiger partial charge in [0.2, 0.25) is 0 Å². The van der Waals surface area contributed by atoms with Crippen LogP contribution in [0.15, 0.2) is 130 Å². The molecule has 4 heteroatoms. The maximum absolute atomic E-state index is 9.70. The van der Waals surface area contributed by atoms with Gasteiger partial charge < -0.3 is 9.32 Å². The Labute approximate surface area is 234 Å². The zero-order valence-electron chi connectivity index (χ0n) is 22.2. The Morgan fingerprint density at radius 3 is 2.70 bits per heavy atom. The minimum atomic E-state index is 0.190. The highest BCUT2D eigenvalue weighted by atomic mass is 16.3. The largest absolute Gasteiger partial charge is 0.456 e. The molecule has 1 aromatic heterocycles. The lowest BCUT2D eigenvalue weighted by Gasteiger charge is -2.41. The molecule has 2 aromatic carbocycles. The zero-order valence-corrected chi connectivity index (χ0v) is 22.2. The van der Waals surface area contributed by atoms with E-state index in [0.29, 0.717) is 24.1 Å². The maximum atomic E-state index is 9.70. The van der Waals surface area contributed by atoms with E-state index in [1.54, 1.807) is 0 Å². The summed E-state index contributed by atoms with van der Waals surface area (Å²) < 4.78 is 6.35. The number of allylic oxidation sites excluding steroid dienone is 9. The number of nitrogens with zero attached hydrogens (tertiary/aromatic N) is 3. The standard InChI is InChI=1S/C36H29N3O/c37-22-31-25(14-8-18-38-31)23-9-7-10-24(19-23)26-11-1-4-15-32(26)39-33-16-5-2-12-27(33)29-20-30-28-13-3-6-17-35(28)40-36(30)21-34(29)39/h1-7,9,11-17,19-21,24,26-27,32-33H,8,10,18H2. The van der Waals surface area contributed by atoms with Crippen molar-refractivity contribution in [2.75, 3.05) is 11.4 Å². The van der Waals surface area contributed by atoms with Crippen molar-refractivity contribution in [3.8, 4) is 6.07 Å². The van der Waals surface area contributed by atoms with Crippen LogP contribution in [0.5, 0.6) is 0 Å². The van der Waals surface area contributed by atoms with Gasteiger partial charge in [0.1, 0.15) is 22.9 Å². The number of nitriles is 1. The molecule has 0 bridgehead atoms. The molecule has 0 amide bonds. The van der Waals surface area contributed by atoms with Crippen LogP contribution in [0, 0.1) is 23.2 Å². The highest BCUT2D eigenvalue weighted by Crippen LogP contribution is 2.50. The average molecular weight is 520 g/mol. The molecule has 8 rings (SSSR count). The predicted octanol–water partition coefficient (Wildman–Crippen LogP) is 7.89. The Morgan fingerprint density at radius 1 is 0.925 bits per heavy atom. The van der Waals surface area contributed by atoms with Gasteiger partial charge in [0.05, 0.1) is 12.1 Å². The topological polar surface area (TPSA) is 52.5 Å². The van der Waals surface area contributed by atoms with Gasteiger partial charge in [-0.15, -0.1) is 0 Å². The van der Waals surface area contributed by atoms with E-state index in [0.717, 1.165) is 35.2 Å². The number of fused-ring (bicyclic) bond motifs is 6. The Balaban J connectivity index is 1.22. The number of dihydropyridines is 1. The van der Waals surface area contributed by atoms with Crippen molar-refractivity contribution in [3.63, 3.8) is 0 Å². The zero-order chi connectivity index (χ0) is 26.6. The van der Waals surface area contributed by atoms with Crippen molar-refractivity contribution in [2.45, 2.75) is 30.8 Å². The molecule has 40 heavy (non-hydrogen) atoms. The molecule has 0 spiro atoms. The van der Waals surface area contributed by atoms with Crippen LogP contribution in [0.4, 0.5) is 5.69 Å². The van der Waals surface area contributed by atoms with Gasteiger partial charge in [-0.25, -0.2) is 0 Å². The fraction of sp³-hybridized carbons (Fsp3) is 0.222. The summed E-state index contributed by atoms with van der Waals surface area (Å²) in [7, 11) is 0. The van der Waals surface area contributed by atoms with E-state index in [9.17, 15) is 5.26 Å². The van der Waals surface area contributed by atoms with Crippen LogP contribution in [0.25, 0.3) is 21.9 Å². The van der Waals surface area contributed by atoms with E-state index < -0.39 is 0 Å². The molecule has 2 aliphatic heterocycles. The first-order chi connectivity index (χ1) is 19.8. The van der Waals surface area contributed by atoms with Crippen LogP contribution in [0.3, 0.4) is 0 Å². The average Bonchev–Trinajstić information content (AvgIpc) is 3.54. The molecule has 194 valence electrons. The monoisotopic (exact) mass is 519 g/mol. The van der Waals surface area contributed by atoms with Crippen molar-refractivity contribution in [3.05, 3.63) is 126 Å². The third-order valence-electron chi connectivity index (χ3n) is 9.07. The fourth-order valence-electron chi connectivity index (χ4n) is 7.29. The van der Waals surface area contributed by atoms with Crippen molar-refractivity contribution in [1.82, 2.24) is 0 Å². The van der Waals surface area contributed by atoms with Gasteiger partial charge in [0.25, 0.3) is 0 Å². The second-order valence-electron chi connectivity index (χ2n) is 11.2. The number of hydrogen-bond acceptors (Lipinski definition) is 4. The lowest BCUT2D eigenvalue weighted by atomic mass is 9.76. The second-order valence-corrected chi connectivity index (χ2v) is 11.2. The van der Waals surface area contributed by atoms with Gasteiger partial charge in [-0.3, -0.25) is 4.99 Å². The van der Waals surface area contributed by atoms with Crippen LogP contribution in [0.2, 0.25) is 0 Å². The number of benzene rings is 2. The van der Waals surface area contributed by atoms with Crippen molar-refractivity contribution < 1.29 is 4.42 Å². The fourth-order valence-corrected chi connectivity index (χ4v) is 7.29. The first kappa shape index (κ1) is 23.3. The molecule has 4 nitrogen and oxygen atoms in total. The van der Waals surface area contributed by atoms with E-state index >= 15 is 0 Å². The number of aliphatic imine (C=N–C) groups is 1. The summed E-state index contributed by atoms with van der Waals surface area (Å²) in [5.74, 6) is 0.903. The van der Waals surface area contributed by atoms with Crippen LogP contribution in [0.1, 0.15) is 24.3 Å². The van der Waals surface area contributed by atoms with E-state index in [1.807, 2.05) is 6.07 Å². The Hall–Kier alpha value is -4.62. The molecule has 3 heterocycles. The highest BCUT2D eigenvalue weighted by Gasteiger charge is 2.43. The van der Waals surface area contributed by atoms with Crippen LogP contribution < -0.4 is 4.90 Å². The lowest BCUT2D eigenvalue weighted by Crippen LogP contribution is -2.46. The maximum Gasteiger partial charge on any atom is 0.142 e. The van der Waals surface area contributed by atoms with E-state index in [4.69, 9.17) is 4.42 Å². The first-order valence-corrected chi connectivity index (χ1v) is 14.3. The summed E-state index contributed by atoms with van der Waals surface area (Å²) in [5.41, 5.74) is 7.18. The Morgan fingerprint density at radius 2 is 1.77 bits per heavy atom. The summed E-state index contributed by atoms with van der Waals surface area (Å²) in [6.45, 7) is 0.697. The molecular formula is C36H29N3O. The second kappa shape index (κ2) is 9.24. The van der Waals surface area contributed by atoms with Crippen LogP contribution >= 0.6 is 0 Å². The van der Waals surface area contributed by atoms with Gasteiger partial charge >= 0.3 is 0 Å². The summed E-state index contributed by atoms with van der Waals surface area (Å²) in [4.78, 5) is 7.12. The third-order valence-corrected chi connectivity index (χ3v) is 9.07. The Kier molecular flexibility index (Phi) is 5.38. The SMILES string of the molecule is N#CC1=NCCC=C1C1=CC(C2C=CC=CC2N2c3cc4oc5ccccc5c4cc3C3C=CC=CC32)CC=C1. The molecule has 5 atom stereocenters. The van der Waals surface area contributed by atoms with Gasteiger partial charge in [-0.2, -0.15) is 5.26 Å². The number of furan rings is 1. The molecule has 0 saturated heterocycles. The number of rotatable bonds is 3. The third kappa shape index (κ3) is 3.54. The summed E-state index contributed by atoms with van der Waals surface area (Å²) in [6.07, 6.45) is 29.1. The summed E-state index contributed by atoms with van der Waals surface area (Å²) in [5, 5.41) is 12.1. The quantitative estimate of drug-likeness (QED) is 0.354. The first-order valence-electron chi connectivity index (χ1n) is 14.3. The number of para-hydroxylation sites is 1. The molecule has 0 fully saturated rings. The molecule has 3 aromatic rings. The minimum absolute atomic E-state index is 0.190. The van der Waals surface area contributed by atoms with E-state index in [2.05, 4.69) is 119 Å². The van der Waals surface area contributed by atoms with Crippen LogP contribution in [-0.2, 0) is 0 Å². The van der Waals surface area contributed by atoms with Gasteiger partial charge in [0.15, 0.2) is 0 Å². The number of anilines is 1. The Bertz CT molecular complexity index is 1830. The van der Waals surface area contributed by atoms with Gasteiger partial charge in [0, 0.05) is 46.5 Å². The van der Waals surface area contributed by atoms with Gasteiger partial charge in [-0.1, -0.05) is 91.1 Å². The molecule has 0 radical (unpaired) electrons. The highest BCUT2D eigenvalue weighted by molar-refractivity contribution is 6.15. The summed E-state index contributed by atoms with van der Waals surface area (Å²) in [6, 6.07) is 15.7. The molecule has 3 aliphatic carbocycles. The lowest BCUT2D eigenvalue weighted by molar-refractivity contribution is 0.403. The van der Waals surface area contributed by atoms with Crippen molar-refractivity contribution in [2.24, 2.45) is 16.8 Å². The molecule has 0 N–H and O–H groups in total. The van der Waals surface area contributed by atoms with Crippen molar-refractivity contribution in [1.29, 1.82) is 5.26 Å². The van der Waals surface area contributed by atoms with Crippen LogP contribution in [-0.4, -0.2) is 24.3 Å². The summed E-state index contributed by atoms with van der Waals surface area (Å²) >= 11 is 0. The van der Waals surface area contributed by atoms with Gasteiger partial charge in [-0.05, 0) is 42.0 Å². The molecule has 5 unspecified atom stereocenters. The smallest absolute Gasteiger partial charge is 0.142 e. The molecular weight excluding hydrogens is 490 g/mol. The van der Waals surface area contributed by atoms with E-state index in [1.165, 1.54) is 22.0 Å². The van der Waals surface area contributed by atoms with E-state index in [-0.39, 0.29) is 18.0 Å². The predicted molar refractivity (Wildman–Crippen MR) is 163 cm³/mol. The number of hydrogen-bond donors (Lipinski definition) is 0. The normalized spacial score (nSPS) is 28.3. The van der Waals surface area contributed by atoms with Crippen molar-refractivity contribution >= 4 is 33.3 Å². The molecule has 0 saturated carbocycles. The minimum Gasteiger partial charge on any atom is -0.456 e. The molecule has 5 aliphatic rings.